The largest absolute Gasteiger partial charge is 0.390 e. The molecule has 0 aliphatic carbocycles. The van der Waals surface area contributed by atoms with E-state index in [9.17, 15) is 9.90 Å². The summed E-state index contributed by atoms with van der Waals surface area (Å²) in [5.74, 6) is -0.0472. The van der Waals surface area contributed by atoms with Gasteiger partial charge in [-0.1, -0.05) is 0 Å². The number of likely N-dealkylation sites (N-methyl/N-ethyl adjacent to an activating group) is 1. The number of nitrogens with one attached hydrogen (secondary N) is 1. The molecule has 0 aliphatic heterocycles. The van der Waals surface area contributed by atoms with Gasteiger partial charge in [0.1, 0.15) is 0 Å². The fourth-order valence-corrected chi connectivity index (χ4v) is 1.69. The van der Waals surface area contributed by atoms with Crippen LogP contribution >= 0.6 is 0 Å². The molecule has 1 amide bonds. The average Bonchev–Trinajstić information content (AvgIpc) is 2.68. The Morgan fingerprint density at radius 3 is 2.89 bits per heavy atom. The zero-order valence-electron chi connectivity index (χ0n) is 11.3. The molecular formula is C12H22N4O2. The van der Waals surface area contributed by atoms with Crippen LogP contribution in [-0.2, 0) is 18.3 Å². The summed E-state index contributed by atoms with van der Waals surface area (Å²) in [5, 5.41) is 16.4. The first-order valence-corrected chi connectivity index (χ1v) is 6.05. The molecule has 0 radical (unpaired) electrons. The maximum atomic E-state index is 11.6. The average molecular weight is 254 g/mol. The number of aromatic nitrogens is 2. The minimum atomic E-state index is -0.527. The number of rotatable bonds is 7. The molecule has 0 saturated heterocycles. The van der Waals surface area contributed by atoms with E-state index in [-0.39, 0.29) is 5.91 Å². The van der Waals surface area contributed by atoms with Crippen LogP contribution in [0.2, 0.25) is 0 Å². The van der Waals surface area contributed by atoms with Crippen molar-refractivity contribution in [1.29, 1.82) is 0 Å². The fourth-order valence-electron chi connectivity index (χ4n) is 1.69. The van der Waals surface area contributed by atoms with E-state index in [1.54, 1.807) is 10.9 Å². The van der Waals surface area contributed by atoms with Crippen LogP contribution in [0.4, 0.5) is 0 Å². The number of hydrogen-bond donors (Lipinski definition) is 2. The monoisotopic (exact) mass is 254 g/mol. The maximum absolute atomic E-state index is 11.6. The summed E-state index contributed by atoms with van der Waals surface area (Å²) in [6.07, 6.45) is 2.26. The molecule has 0 unspecified atom stereocenters. The molecule has 6 nitrogen and oxygen atoms in total. The minimum absolute atomic E-state index is 0.0472. The predicted molar refractivity (Wildman–Crippen MR) is 69.1 cm³/mol. The normalized spacial score (nSPS) is 12.7. The van der Waals surface area contributed by atoms with Gasteiger partial charge in [0.05, 0.1) is 6.10 Å². The van der Waals surface area contributed by atoms with Gasteiger partial charge in [-0.05, 0) is 26.6 Å². The highest BCUT2D eigenvalue weighted by Crippen LogP contribution is 2.00. The molecule has 2 N–H and O–H groups in total. The second-order valence-electron chi connectivity index (χ2n) is 4.67. The molecule has 1 rings (SSSR count). The van der Waals surface area contributed by atoms with Crippen LogP contribution in [0.5, 0.6) is 0 Å². The lowest BCUT2D eigenvalue weighted by atomic mass is 10.2. The Balaban J connectivity index is 2.20. The lowest BCUT2D eigenvalue weighted by Crippen LogP contribution is -2.37. The lowest BCUT2D eigenvalue weighted by Gasteiger charge is -2.16. The van der Waals surface area contributed by atoms with Crippen LogP contribution in [0.15, 0.2) is 12.3 Å². The van der Waals surface area contributed by atoms with Crippen molar-refractivity contribution in [3.8, 4) is 0 Å². The molecule has 0 bridgehead atoms. The Morgan fingerprint density at radius 1 is 1.61 bits per heavy atom. The first-order valence-electron chi connectivity index (χ1n) is 6.05. The quantitative estimate of drug-likeness (QED) is 0.681. The Hall–Kier alpha value is -1.40. The van der Waals surface area contributed by atoms with Crippen molar-refractivity contribution in [1.82, 2.24) is 20.0 Å². The third-order valence-electron chi connectivity index (χ3n) is 2.64. The third-order valence-corrected chi connectivity index (χ3v) is 2.64. The summed E-state index contributed by atoms with van der Waals surface area (Å²) in [4.78, 5) is 13.5. The van der Waals surface area contributed by atoms with Gasteiger partial charge in [-0.2, -0.15) is 5.10 Å². The number of nitrogens with zero attached hydrogens (tertiary/aromatic N) is 3. The van der Waals surface area contributed by atoms with Crippen LogP contribution in [-0.4, -0.2) is 59.0 Å². The van der Waals surface area contributed by atoms with E-state index in [0.717, 1.165) is 5.69 Å². The van der Waals surface area contributed by atoms with Gasteiger partial charge in [0.2, 0.25) is 5.91 Å². The molecule has 0 spiro atoms. The summed E-state index contributed by atoms with van der Waals surface area (Å²) in [5.41, 5.74) is 1.03. The third kappa shape index (κ3) is 5.29. The number of hydrogen-bond acceptors (Lipinski definition) is 4. The fraction of sp³-hybridized carbons (Fsp3) is 0.667. The molecule has 0 fully saturated rings. The van der Waals surface area contributed by atoms with E-state index in [1.165, 1.54) is 0 Å². The molecule has 102 valence electrons. The molecule has 0 aliphatic rings. The Morgan fingerprint density at radius 2 is 2.33 bits per heavy atom. The molecule has 1 heterocycles. The van der Waals surface area contributed by atoms with Crippen LogP contribution in [0.3, 0.4) is 0 Å². The summed E-state index contributed by atoms with van der Waals surface area (Å²) >= 11 is 0. The number of aliphatic hydroxyl groups excluding tert-OH is 1. The van der Waals surface area contributed by atoms with Gasteiger partial charge >= 0.3 is 0 Å². The van der Waals surface area contributed by atoms with Crippen molar-refractivity contribution in [2.45, 2.75) is 18.9 Å². The zero-order valence-corrected chi connectivity index (χ0v) is 11.3. The van der Waals surface area contributed by atoms with Crippen molar-refractivity contribution < 1.29 is 9.90 Å². The van der Waals surface area contributed by atoms with Gasteiger partial charge in [0.25, 0.3) is 0 Å². The molecule has 0 aromatic carbocycles. The van der Waals surface area contributed by atoms with E-state index in [1.807, 2.05) is 32.1 Å². The molecule has 1 aromatic heterocycles. The van der Waals surface area contributed by atoms with Crippen LogP contribution in [0, 0.1) is 0 Å². The van der Waals surface area contributed by atoms with E-state index in [2.05, 4.69) is 10.4 Å². The van der Waals surface area contributed by atoms with Crippen molar-refractivity contribution in [3.63, 3.8) is 0 Å². The van der Waals surface area contributed by atoms with Gasteiger partial charge in [0.15, 0.2) is 0 Å². The number of aliphatic hydroxyl groups is 1. The summed E-state index contributed by atoms with van der Waals surface area (Å²) in [7, 11) is 5.62. The number of aryl methyl sites for hydroxylation is 2. The molecule has 6 heteroatoms. The zero-order chi connectivity index (χ0) is 13.5. The van der Waals surface area contributed by atoms with Gasteiger partial charge in [-0.3, -0.25) is 9.48 Å². The molecule has 1 atom stereocenters. The van der Waals surface area contributed by atoms with E-state index in [0.29, 0.717) is 25.9 Å². The Kier molecular flexibility index (Phi) is 5.80. The van der Waals surface area contributed by atoms with Gasteiger partial charge in [0, 0.05) is 38.4 Å². The van der Waals surface area contributed by atoms with Crippen LogP contribution in [0.1, 0.15) is 12.1 Å². The van der Waals surface area contributed by atoms with Crippen molar-refractivity contribution in [2.24, 2.45) is 7.05 Å². The molecule has 1 aromatic rings. The second kappa shape index (κ2) is 7.13. The van der Waals surface area contributed by atoms with Crippen molar-refractivity contribution in [2.75, 3.05) is 27.2 Å². The first-order chi connectivity index (χ1) is 8.49. The van der Waals surface area contributed by atoms with Gasteiger partial charge in [-0.15, -0.1) is 0 Å². The number of carbonyl (C=O) groups is 1. The number of carbonyl (C=O) groups excluding carboxylic acids is 1. The SMILES string of the molecule is CN(C)C[C@@H](O)CNC(=O)CCc1ccnn1C. The number of amides is 1. The molecular weight excluding hydrogens is 232 g/mol. The molecule has 18 heavy (non-hydrogen) atoms. The van der Waals surface area contributed by atoms with E-state index in [4.69, 9.17) is 0 Å². The predicted octanol–water partition coefficient (Wildman–Crippen LogP) is -0.609. The van der Waals surface area contributed by atoms with Gasteiger partial charge < -0.3 is 15.3 Å². The van der Waals surface area contributed by atoms with Crippen LogP contribution in [0.25, 0.3) is 0 Å². The Bertz CT molecular complexity index is 376. The highest BCUT2D eigenvalue weighted by Gasteiger charge is 2.09. The highest BCUT2D eigenvalue weighted by molar-refractivity contribution is 5.76. The van der Waals surface area contributed by atoms with Gasteiger partial charge in [-0.25, -0.2) is 0 Å². The topological polar surface area (TPSA) is 70.4 Å². The lowest BCUT2D eigenvalue weighted by molar-refractivity contribution is -0.121. The van der Waals surface area contributed by atoms with E-state index < -0.39 is 6.10 Å². The van der Waals surface area contributed by atoms with Crippen molar-refractivity contribution >= 4 is 5.91 Å². The van der Waals surface area contributed by atoms with Crippen LogP contribution < -0.4 is 5.32 Å². The Labute approximate surface area is 108 Å². The molecule has 0 saturated carbocycles. The minimum Gasteiger partial charge on any atom is -0.390 e. The summed E-state index contributed by atoms with van der Waals surface area (Å²) in [6, 6.07) is 1.90. The first kappa shape index (κ1) is 14.7. The maximum Gasteiger partial charge on any atom is 0.220 e. The summed E-state index contributed by atoms with van der Waals surface area (Å²) in [6.45, 7) is 0.838. The highest BCUT2D eigenvalue weighted by atomic mass is 16.3. The second-order valence-corrected chi connectivity index (χ2v) is 4.67. The standard InChI is InChI=1S/C12H22N4O2/c1-15(2)9-11(17)8-13-12(18)5-4-10-6-7-14-16(10)3/h6-7,11,17H,4-5,8-9H2,1-3H3,(H,13,18)/t11-/m0/s1. The summed E-state index contributed by atoms with van der Waals surface area (Å²) < 4.78 is 1.76. The smallest absolute Gasteiger partial charge is 0.220 e. The van der Waals surface area contributed by atoms with Crippen molar-refractivity contribution in [3.05, 3.63) is 18.0 Å². The van der Waals surface area contributed by atoms with E-state index >= 15 is 0 Å².